The van der Waals surface area contributed by atoms with Gasteiger partial charge in [0.25, 0.3) is 0 Å². The van der Waals surface area contributed by atoms with Crippen LogP contribution in [0.3, 0.4) is 0 Å². The predicted octanol–water partition coefficient (Wildman–Crippen LogP) is 3.92. The van der Waals surface area contributed by atoms with Crippen LogP contribution in [0.25, 0.3) is 0 Å². The van der Waals surface area contributed by atoms with Gasteiger partial charge in [-0.2, -0.15) is 0 Å². The Morgan fingerprint density at radius 2 is 1.90 bits per heavy atom. The van der Waals surface area contributed by atoms with E-state index >= 15 is 0 Å². The number of methoxy groups -OCH3 is 1. The van der Waals surface area contributed by atoms with Gasteiger partial charge < -0.3 is 20.3 Å². The highest BCUT2D eigenvalue weighted by Gasteiger charge is 2.47. The molecule has 0 radical (unpaired) electrons. The van der Waals surface area contributed by atoms with Gasteiger partial charge >= 0.3 is 5.97 Å². The van der Waals surface area contributed by atoms with Crippen molar-refractivity contribution in [2.45, 2.75) is 57.1 Å². The number of aliphatic carboxylic acids is 1. The summed E-state index contributed by atoms with van der Waals surface area (Å²) in [7, 11) is 1.72. The number of benzene rings is 2. The lowest BCUT2D eigenvalue weighted by Gasteiger charge is -2.49. The molecular formula is C25H33NO4. The quantitative estimate of drug-likeness (QED) is 0.583. The van der Waals surface area contributed by atoms with E-state index in [0.717, 1.165) is 30.4 Å². The monoisotopic (exact) mass is 411 g/mol. The van der Waals surface area contributed by atoms with Gasteiger partial charge in [-0.3, -0.25) is 4.79 Å². The number of aromatic hydroxyl groups is 1. The van der Waals surface area contributed by atoms with Crippen LogP contribution in [0.15, 0.2) is 48.5 Å². The number of carbonyl (C=O) groups is 1. The molecule has 5 heteroatoms. The Morgan fingerprint density at radius 1 is 1.20 bits per heavy atom. The van der Waals surface area contributed by atoms with E-state index < -0.39 is 11.9 Å². The average molecular weight is 412 g/mol. The number of fused-ring (bicyclic) bond motifs is 1. The van der Waals surface area contributed by atoms with E-state index in [-0.39, 0.29) is 23.3 Å². The molecule has 0 amide bonds. The number of carboxylic acid groups (broad SMARTS) is 1. The zero-order chi connectivity index (χ0) is 21.7. The lowest BCUT2D eigenvalue weighted by molar-refractivity contribution is -0.141. The van der Waals surface area contributed by atoms with Gasteiger partial charge in [0.1, 0.15) is 5.75 Å². The Hall–Kier alpha value is -2.37. The third kappa shape index (κ3) is 4.37. The lowest BCUT2D eigenvalue weighted by Crippen LogP contribution is -2.59. The first kappa shape index (κ1) is 22.3. The molecule has 0 bridgehead atoms. The third-order valence-corrected chi connectivity index (χ3v) is 6.84. The van der Waals surface area contributed by atoms with Gasteiger partial charge in [0.2, 0.25) is 0 Å². The smallest absolute Gasteiger partial charge is 0.308 e. The Bertz CT molecular complexity index is 847. The van der Waals surface area contributed by atoms with E-state index in [2.05, 4.69) is 19.2 Å². The first-order valence-electron chi connectivity index (χ1n) is 10.8. The lowest BCUT2D eigenvalue weighted by atomic mass is 9.62. The van der Waals surface area contributed by atoms with Crippen molar-refractivity contribution in [3.8, 4) is 5.75 Å². The molecule has 2 aromatic carbocycles. The minimum absolute atomic E-state index is 0.0376. The second kappa shape index (κ2) is 9.63. The predicted molar refractivity (Wildman–Crippen MR) is 118 cm³/mol. The normalized spacial score (nSPS) is 21.0. The molecule has 0 saturated heterocycles. The van der Waals surface area contributed by atoms with Crippen molar-refractivity contribution in [3.63, 3.8) is 0 Å². The summed E-state index contributed by atoms with van der Waals surface area (Å²) in [6.45, 7) is 4.68. The van der Waals surface area contributed by atoms with E-state index in [1.807, 2.05) is 42.5 Å². The molecule has 0 spiro atoms. The first-order chi connectivity index (χ1) is 14.4. The molecule has 1 unspecified atom stereocenters. The number of nitrogens with one attached hydrogen (secondary N) is 1. The molecule has 3 rings (SSSR count). The molecule has 0 aliphatic heterocycles. The van der Waals surface area contributed by atoms with Crippen molar-refractivity contribution in [2.75, 3.05) is 13.7 Å². The zero-order valence-corrected chi connectivity index (χ0v) is 18.1. The molecule has 0 fully saturated rings. The van der Waals surface area contributed by atoms with Gasteiger partial charge in [-0.15, -0.1) is 0 Å². The SMILES string of the molecule is CCC1(CC)c2cc(O)ccc2C[C@H](OC)[C@H]1NCC(Cc1ccccc1)C(=O)O. The fourth-order valence-corrected chi connectivity index (χ4v) is 5.10. The number of carboxylic acids is 1. The van der Waals surface area contributed by atoms with Crippen molar-refractivity contribution >= 4 is 5.97 Å². The first-order valence-corrected chi connectivity index (χ1v) is 10.8. The number of phenols is 1. The van der Waals surface area contributed by atoms with Crippen LogP contribution in [0, 0.1) is 5.92 Å². The highest BCUT2D eigenvalue weighted by Crippen LogP contribution is 2.44. The number of hydrogen-bond donors (Lipinski definition) is 3. The number of hydrogen-bond acceptors (Lipinski definition) is 4. The number of rotatable bonds is 9. The summed E-state index contributed by atoms with van der Waals surface area (Å²) >= 11 is 0. The highest BCUT2D eigenvalue weighted by molar-refractivity contribution is 5.70. The van der Waals surface area contributed by atoms with Crippen LogP contribution in [-0.2, 0) is 27.8 Å². The van der Waals surface area contributed by atoms with E-state index in [1.54, 1.807) is 13.2 Å². The van der Waals surface area contributed by atoms with Crippen molar-refractivity contribution in [2.24, 2.45) is 5.92 Å². The van der Waals surface area contributed by atoms with Crippen LogP contribution in [-0.4, -0.2) is 42.0 Å². The van der Waals surface area contributed by atoms with Crippen molar-refractivity contribution in [1.29, 1.82) is 0 Å². The molecular weight excluding hydrogens is 378 g/mol. The molecule has 0 aromatic heterocycles. The molecule has 1 aliphatic carbocycles. The number of ether oxygens (including phenoxy) is 1. The molecule has 2 aromatic rings. The third-order valence-electron chi connectivity index (χ3n) is 6.84. The summed E-state index contributed by atoms with van der Waals surface area (Å²) in [5, 5.41) is 23.6. The molecule has 5 nitrogen and oxygen atoms in total. The van der Waals surface area contributed by atoms with Gasteiger partial charge in [0.05, 0.1) is 12.0 Å². The summed E-state index contributed by atoms with van der Waals surface area (Å²) < 4.78 is 5.89. The Labute approximate surface area is 179 Å². The maximum Gasteiger partial charge on any atom is 0.308 e. The van der Waals surface area contributed by atoms with Crippen molar-refractivity contribution in [1.82, 2.24) is 5.32 Å². The van der Waals surface area contributed by atoms with Gasteiger partial charge in [0, 0.05) is 31.5 Å². The van der Waals surface area contributed by atoms with Crippen molar-refractivity contribution < 1.29 is 19.7 Å². The molecule has 3 N–H and O–H groups in total. The van der Waals surface area contributed by atoms with Gasteiger partial charge in [0.15, 0.2) is 0 Å². The minimum Gasteiger partial charge on any atom is -0.508 e. The summed E-state index contributed by atoms with van der Waals surface area (Å²) in [6, 6.07) is 15.3. The highest BCUT2D eigenvalue weighted by atomic mass is 16.5. The largest absolute Gasteiger partial charge is 0.508 e. The van der Waals surface area contributed by atoms with Gasteiger partial charge in [-0.25, -0.2) is 0 Å². The second-order valence-corrected chi connectivity index (χ2v) is 8.29. The molecule has 30 heavy (non-hydrogen) atoms. The summed E-state index contributed by atoms with van der Waals surface area (Å²) in [5.74, 6) is -1.06. The van der Waals surface area contributed by atoms with Crippen LogP contribution in [0.4, 0.5) is 0 Å². The Morgan fingerprint density at radius 3 is 2.50 bits per heavy atom. The van der Waals surface area contributed by atoms with Gasteiger partial charge in [-0.05, 0) is 48.1 Å². The molecule has 0 saturated carbocycles. The fraction of sp³-hybridized carbons (Fsp3) is 0.480. The Balaban J connectivity index is 1.88. The zero-order valence-electron chi connectivity index (χ0n) is 18.1. The standard InChI is InChI=1S/C25H33NO4/c1-4-25(5-2)21-15-20(27)12-11-18(21)14-22(30-3)23(25)26-16-19(24(28)29)13-17-9-7-6-8-10-17/h6-12,15,19,22-23,26-27H,4-5,13-14,16H2,1-3H3,(H,28,29)/t19?,22-,23+/m0/s1. The van der Waals surface area contributed by atoms with Crippen LogP contribution in [0.5, 0.6) is 5.75 Å². The number of phenolic OH excluding ortho intramolecular Hbond substituents is 1. The van der Waals surface area contributed by atoms with Crippen molar-refractivity contribution in [3.05, 3.63) is 65.2 Å². The van der Waals surface area contributed by atoms with Crippen LogP contribution in [0.2, 0.25) is 0 Å². The van der Waals surface area contributed by atoms with Crippen LogP contribution < -0.4 is 5.32 Å². The van der Waals surface area contributed by atoms with Crippen LogP contribution in [0.1, 0.15) is 43.4 Å². The maximum atomic E-state index is 12.0. The summed E-state index contributed by atoms with van der Waals surface area (Å²) in [5.41, 5.74) is 3.13. The van der Waals surface area contributed by atoms with Crippen LogP contribution >= 0.6 is 0 Å². The second-order valence-electron chi connectivity index (χ2n) is 8.29. The Kier molecular flexibility index (Phi) is 7.16. The molecule has 162 valence electrons. The topological polar surface area (TPSA) is 78.8 Å². The maximum absolute atomic E-state index is 12.0. The van der Waals surface area contributed by atoms with E-state index in [9.17, 15) is 15.0 Å². The minimum atomic E-state index is -0.798. The van der Waals surface area contributed by atoms with E-state index in [4.69, 9.17) is 4.74 Å². The van der Waals surface area contributed by atoms with E-state index in [0.29, 0.717) is 13.0 Å². The fourth-order valence-electron chi connectivity index (χ4n) is 5.10. The summed E-state index contributed by atoms with van der Waals surface area (Å²) in [6.07, 6.45) is 2.90. The molecule has 3 atom stereocenters. The van der Waals surface area contributed by atoms with E-state index in [1.165, 1.54) is 5.56 Å². The summed E-state index contributed by atoms with van der Waals surface area (Å²) in [4.78, 5) is 12.0. The molecule has 0 heterocycles. The average Bonchev–Trinajstić information content (AvgIpc) is 2.76. The van der Waals surface area contributed by atoms with Gasteiger partial charge in [-0.1, -0.05) is 50.2 Å². The molecule has 1 aliphatic rings.